The van der Waals surface area contributed by atoms with E-state index in [4.69, 9.17) is 0 Å². The summed E-state index contributed by atoms with van der Waals surface area (Å²) >= 11 is 0. The van der Waals surface area contributed by atoms with Crippen LogP contribution in [-0.2, 0) is 9.59 Å². The van der Waals surface area contributed by atoms with Crippen LogP contribution >= 0.6 is 0 Å². The highest BCUT2D eigenvalue weighted by Gasteiger charge is 2.27. The average Bonchev–Trinajstić information content (AvgIpc) is 2.88. The van der Waals surface area contributed by atoms with Crippen molar-refractivity contribution in [2.75, 3.05) is 26.2 Å². The molecular weight excluding hydrogens is 230 g/mol. The first-order valence-electron chi connectivity index (χ1n) is 6.97. The second-order valence-electron chi connectivity index (χ2n) is 4.76. The van der Waals surface area contributed by atoms with Crippen LogP contribution in [0.4, 0.5) is 0 Å². The number of amides is 2. The number of rotatable bonds is 7. The van der Waals surface area contributed by atoms with Crippen molar-refractivity contribution in [1.29, 1.82) is 0 Å². The fourth-order valence-electron chi connectivity index (χ4n) is 2.15. The summed E-state index contributed by atoms with van der Waals surface area (Å²) in [7, 11) is 0. The Bertz CT molecular complexity index is 275. The molecule has 0 radical (unpaired) electrons. The molecule has 5 nitrogen and oxygen atoms in total. The normalized spacial score (nSPS) is 18.7. The number of nitrogens with zero attached hydrogens (tertiary/aromatic N) is 1. The van der Waals surface area contributed by atoms with Gasteiger partial charge in [0.1, 0.15) is 0 Å². The highest BCUT2D eigenvalue weighted by Crippen LogP contribution is 2.09. The average molecular weight is 255 g/mol. The Morgan fingerprint density at radius 3 is 2.67 bits per heavy atom. The van der Waals surface area contributed by atoms with Crippen molar-refractivity contribution in [2.24, 2.45) is 0 Å². The molecule has 0 aromatic rings. The Kier molecular flexibility index (Phi) is 6.72. The van der Waals surface area contributed by atoms with Crippen molar-refractivity contribution in [2.45, 2.75) is 45.6 Å². The first-order valence-corrected chi connectivity index (χ1v) is 6.97. The maximum absolute atomic E-state index is 12.2. The molecule has 104 valence electrons. The number of nitrogens with one attached hydrogen (secondary N) is 2. The molecule has 1 aliphatic rings. The van der Waals surface area contributed by atoms with E-state index in [-0.39, 0.29) is 24.4 Å². The van der Waals surface area contributed by atoms with E-state index >= 15 is 0 Å². The Morgan fingerprint density at radius 1 is 1.33 bits per heavy atom. The largest absolute Gasteiger partial charge is 0.355 e. The Labute approximate surface area is 109 Å². The molecule has 1 fully saturated rings. The first-order chi connectivity index (χ1) is 8.69. The third kappa shape index (κ3) is 4.64. The fraction of sp³-hybridized carbons (Fsp3) is 0.846. The minimum Gasteiger partial charge on any atom is -0.355 e. The van der Waals surface area contributed by atoms with Gasteiger partial charge in [0.05, 0.1) is 12.6 Å². The van der Waals surface area contributed by atoms with Crippen molar-refractivity contribution in [3.05, 3.63) is 0 Å². The monoisotopic (exact) mass is 255 g/mol. The van der Waals surface area contributed by atoms with Crippen LogP contribution in [0.1, 0.15) is 39.5 Å². The van der Waals surface area contributed by atoms with Gasteiger partial charge < -0.3 is 15.5 Å². The molecule has 0 spiro atoms. The third-order valence-corrected chi connectivity index (χ3v) is 3.07. The molecule has 0 aromatic heterocycles. The van der Waals surface area contributed by atoms with Gasteiger partial charge in [-0.3, -0.25) is 9.59 Å². The fourth-order valence-corrected chi connectivity index (χ4v) is 2.15. The second-order valence-corrected chi connectivity index (χ2v) is 4.76. The zero-order valence-electron chi connectivity index (χ0n) is 11.5. The molecule has 0 bridgehead atoms. The summed E-state index contributed by atoms with van der Waals surface area (Å²) in [6.45, 7) is 6.44. The lowest BCUT2D eigenvalue weighted by molar-refractivity contribution is -0.137. The van der Waals surface area contributed by atoms with Gasteiger partial charge in [-0.15, -0.1) is 0 Å². The molecule has 0 unspecified atom stereocenters. The highest BCUT2D eigenvalue weighted by atomic mass is 16.2. The third-order valence-electron chi connectivity index (χ3n) is 3.07. The SMILES string of the molecule is CCCNC(=O)CN(CCC)C(=O)[C@H]1CCCN1. The molecule has 1 saturated heterocycles. The molecule has 1 atom stereocenters. The Morgan fingerprint density at radius 2 is 2.11 bits per heavy atom. The van der Waals surface area contributed by atoms with Crippen molar-refractivity contribution in [3.63, 3.8) is 0 Å². The van der Waals surface area contributed by atoms with E-state index in [1.165, 1.54) is 0 Å². The van der Waals surface area contributed by atoms with Gasteiger partial charge >= 0.3 is 0 Å². The van der Waals surface area contributed by atoms with E-state index < -0.39 is 0 Å². The van der Waals surface area contributed by atoms with E-state index in [0.717, 1.165) is 32.2 Å². The van der Waals surface area contributed by atoms with Gasteiger partial charge in [-0.2, -0.15) is 0 Å². The summed E-state index contributed by atoms with van der Waals surface area (Å²) < 4.78 is 0. The van der Waals surface area contributed by atoms with E-state index in [0.29, 0.717) is 13.1 Å². The second kappa shape index (κ2) is 8.08. The van der Waals surface area contributed by atoms with E-state index in [1.807, 2.05) is 13.8 Å². The van der Waals surface area contributed by atoms with Crippen LogP contribution in [0, 0.1) is 0 Å². The Hall–Kier alpha value is -1.10. The van der Waals surface area contributed by atoms with Crippen LogP contribution < -0.4 is 10.6 Å². The molecule has 1 rings (SSSR count). The molecule has 0 aliphatic carbocycles. The van der Waals surface area contributed by atoms with E-state index in [1.54, 1.807) is 4.90 Å². The van der Waals surface area contributed by atoms with Crippen molar-refractivity contribution < 1.29 is 9.59 Å². The standard InChI is InChI=1S/C13H25N3O2/c1-3-7-15-12(17)10-16(9-4-2)13(18)11-6-5-8-14-11/h11,14H,3-10H2,1-2H3,(H,15,17)/t11-/m1/s1. The number of carbonyl (C=O) groups is 2. The molecule has 18 heavy (non-hydrogen) atoms. The topological polar surface area (TPSA) is 61.4 Å². The summed E-state index contributed by atoms with van der Waals surface area (Å²) in [5, 5.41) is 6.00. The van der Waals surface area contributed by atoms with E-state index in [9.17, 15) is 9.59 Å². The molecule has 2 amide bonds. The molecule has 1 aliphatic heterocycles. The van der Waals surface area contributed by atoms with Gasteiger partial charge in [0, 0.05) is 13.1 Å². The summed E-state index contributed by atoms with van der Waals surface area (Å²) in [5.41, 5.74) is 0. The number of hydrogen-bond acceptors (Lipinski definition) is 3. The number of hydrogen-bond donors (Lipinski definition) is 2. The quantitative estimate of drug-likeness (QED) is 0.696. The molecule has 2 N–H and O–H groups in total. The van der Waals surface area contributed by atoms with Gasteiger partial charge in [-0.1, -0.05) is 13.8 Å². The lowest BCUT2D eigenvalue weighted by atomic mass is 10.2. The zero-order valence-corrected chi connectivity index (χ0v) is 11.5. The first kappa shape index (κ1) is 15.0. The molecule has 0 saturated carbocycles. The zero-order chi connectivity index (χ0) is 13.4. The molecule has 5 heteroatoms. The van der Waals surface area contributed by atoms with Crippen LogP contribution in [0.3, 0.4) is 0 Å². The lowest BCUT2D eigenvalue weighted by Gasteiger charge is -2.24. The summed E-state index contributed by atoms with van der Waals surface area (Å²) in [6.07, 6.45) is 3.71. The maximum atomic E-state index is 12.2. The predicted molar refractivity (Wildman–Crippen MR) is 71.2 cm³/mol. The van der Waals surface area contributed by atoms with Crippen LogP contribution in [-0.4, -0.2) is 48.9 Å². The van der Waals surface area contributed by atoms with Gasteiger partial charge in [-0.25, -0.2) is 0 Å². The summed E-state index contributed by atoms with van der Waals surface area (Å²) in [5.74, 6) is 0.0117. The smallest absolute Gasteiger partial charge is 0.240 e. The van der Waals surface area contributed by atoms with Crippen LogP contribution in [0.5, 0.6) is 0 Å². The van der Waals surface area contributed by atoms with Gasteiger partial charge in [0.15, 0.2) is 0 Å². The van der Waals surface area contributed by atoms with Crippen molar-refractivity contribution in [1.82, 2.24) is 15.5 Å². The summed E-state index contributed by atoms with van der Waals surface area (Å²) in [4.78, 5) is 25.6. The predicted octanol–water partition coefficient (Wildman–Crippen LogP) is 0.503. The minimum absolute atomic E-state index is 0.0587. The Balaban J connectivity index is 2.47. The molecular formula is C13H25N3O2. The van der Waals surface area contributed by atoms with Crippen LogP contribution in [0.15, 0.2) is 0 Å². The minimum atomic E-state index is -0.0875. The summed E-state index contributed by atoms with van der Waals surface area (Å²) in [6, 6.07) is -0.0875. The molecule has 0 aromatic carbocycles. The van der Waals surface area contributed by atoms with Gasteiger partial charge in [0.2, 0.25) is 11.8 Å². The molecule has 1 heterocycles. The van der Waals surface area contributed by atoms with Crippen LogP contribution in [0.25, 0.3) is 0 Å². The highest BCUT2D eigenvalue weighted by molar-refractivity contribution is 5.87. The maximum Gasteiger partial charge on any atom is 0.240 e. The van der Waals surface area contributed by atoms with Gasteiger partial charge in [-0.05, 0) is 32.2 Å². The van der Waals surface area contributed by atoms with E-state index in [2.05, 4.69) is 10.6 Å². The van der Waals surface area contributed by atoms with Crippen molar-refractivity contribution >= 4 is 11.8 Å². The lowest BCUT2D eigenvalue weighted by Crippen LogP contribution is -2.48. The van der Waals surface area contributed by atoms with Gasteiger partial charge in [0.25, 0.3) is 0 Å². The van der Waals surface area contributed by atoms with Crippen molar-refractivity contribution in [3.8, 4) is 0 Å². The van der Waals surface area contributed by atoms with Crippen LogP contribution in [0.2, 0.25) is 0 Å². The number of carbonyl (C=O) groups excluding carboxylic acids is 2.